The van der Waals surface area contributed by atoms with Crippen molar-refractivity contribution in [2.45, 2.75) is 25.8 Å². The molecule has 1 saturated heterocycles. The maximum absolute atomic E-state index is 12.5. The first kappa shape index (κ1) is 21.9. The maximum Gasteiger partial charge on any atom is 0.270 e. The van der Waals surface area contributed by atoms with Gasteiger partial charge in [0, 0.05) is 30.8 Å². The zero-order valence-corrected chi connectivity index (χ0v) is 15.8. The largest absolute Gasteiger partial charge is 0.341 e. The van der Waals surface area contributed by atoms with Crippen molar-refractivity contribution in [2.24, 2.45) is 5.92 Å². The van der Waals surface area contributed by atoms with E-state index in [2.05, 4.69) is 10.6 Å². The van der Waals surface area contributed by atoms with Crippen LogP contribution in [0.4, 0.5) is 5.69 Å². The highest BCUT2D eigenvalue weighted by molar-refractivity contribution is 5.97. The Kier molecular flexibility index (Phi) is 8.47. The summed E-state index contributed by atoms with van der Waals surface area (Å²) in [4.78, 5) is 36.7. The van der Waals surface area contributed by atoms with Gasteiger partial charge in [-0.1, -0.05) is 6.07 Å². The lowest BCUT2D eigenvalue weighted by Gasteiger charge is -2.33. The number of benzene rings is 1. The molecule has 0 radical (unpaired) electrons. The number of hydrogen-bond acceptors (Lipinski definition) is 5. The molecule has 1 aromatic rings. The summed E-state index contributed by atoms with van der Waals surface area (Å²) in [5.41, 5.74) is 0.0137. The van der Waals surface area contributed by atoms with Gasteiger partial charge in [-0.2, -0.15) is 0 Å². The number of non-ortho nitro benzene ring substituents is 1. The van der Waals surface area contributed by atoms with Gasteiger partial charge in [0.15, 0.2) is 0 Å². The van der Waals surface area contributed by atoms with Gasteiger partial charge >= 0.3 is 0 Å². The highest BCUT2D eigenvalue weighted by Gasteiger charge is 2.27. The van der Waals surface area contributed by atoms with Crippen LogP contribution < -0.4 is 10.6 Å². The molecule has 1 heterocycles. The predicted molar refractivity (Wildman–Crippen MR) is 101 cm³/mol. The summed E-state index contributed by atoms with van der Waals surface area (Å²) in [5.74, 6) is -0.0416. The van der Waals surface area contributed by atoms with Gasteiger partial charge < -0.3 is 15.5 Å². The fourth-order valence-corrected chi connectivity index (χ4v) is 3.02. The summed E-state index contributed by atoms with van der Waals surface area (Å²) in [6.07, 6.45) is 1.89. The van der Waals surface area contributed by atoms with Gasteiger partial charge in [0.05, 0.1) is 4.92 Å². The van der Waals surface area contributed by atoms with E-state index in [4.69, 9.17) is 0 Å². The third kappa shape index (κ3) is 5.67. The Morgan fingerprint density at radius 1 is 1.35 bits per heavy atom. The molecule has 1 aliphatic heterocycles. The van der Waals surface area contributed by atoms with Crippen molar-refractivity contribution in [3.8, 4) is 0 Å². The van der Waals surface area contributed by atoms with E-state index in [1.54, 1.807) is 11.8 Å². The Morgan fingerprint density at radius 3 is 2.58 bits per heavy atom. The molecule has 0 bridgehead atoms. The van der Waals surface area contributed by atoms with Gasteiger partial charge in [-0.15, -0.1) is 12.4 Å². The molecule has 2 rings (SSSR count). The van der Waals surface area contributed by atoms with Crippen LogP contribution in [0.1, 0.15) is 30.1 Å². The first-order chi connectivity index (χ1) is 11.9. The van der Waals surface area contributed by atoms with E-state index in [1.165, 1.54) is 24.3 Å². The van der Waals surface area contributed by atoms with E-state index in [0.29, 0.717) is 19.0 Å². The zero-order chi connectivity index (χ0) is 18.4. The average Bonchev–Trinajstić information content (AvgIpc) is 2.62. The molecule has 1 atom stereocenters. The first-order valence-corrected chi connectivity index (χ1v) is 8.41. The van der Waals surface area contributed by atoms with E-state index in [0.717, 1.165) is 19.4 Å². The topological polar surface area (TPSA) is 105 Å². The fourth-order valence-electron chi connectivity index (χ4n) is 3.02. The van der Waals surface area contributed by atoms with Gasteiger partial charge in [0.1, 0.15) is 6.04 Å². The normalized spacial score (nSPS) is 15.7. The molecule has 2 N–H and O–H groups in total. The van der Waals surface area contributed by atoms with Crippen LogP contribution >= 0.6 is 12.4 Å². The lowest BCUT2D eigenvalue weighted by Crippen LogP contribution is -2.49. The molecule has 1 fully saturated rings. The average molecular weight is 385 g/mol. The van der Waals surface area contributed by atoms with Crippen LogP contribution in [0.15, 0.2) is 24.3 Å². The van der Waals surface area contributed by atoms with Crippen molar-refractivity contribution in [1.82, 2.24) is 15.5 Å². The summed E-state index contributed by atoms with van der Waals surface area (Å²) in [6.45, 7) is 3.95. The summed E-state index contributed by atoms with van der Waals surface area (Å²) in [7, 11) is 1.92. The van der Waals surface area contributed by atoms with Crippen molar-refractivity contribution >= 4 is 29.9 Å². The molecular weight excluding hydrogens is 360 g/mol. The summed E-state index contributed by atoms with van der Waals surface area (Å²) >= 11 is 0. The number of carbonyl (C=O) groups is 2. The van der Waals surface area contributed by atoms with Crippen LogP contribution in [0.25, 0.3) is 0 Å². The SMILES string of the molecule is CNCC1CCN(C(=O)C(C)NC(=O)c2cccc([N+](=O)[O-])c2)CC1.Cl. The minimum Gasteiger partial charge on any atom is -0.341 e. The number of rotatable bonds is 6. The van der Waals surface area contributed by atoms with Gasteiger partial charge in [-0.3, -0.25) is 19.7 Å². The second-order valence-electron chi connectivity index (χ2n) is 6.33. The molecule has 0 spiro atoms. The summed E-state index contributed by atoms with van der Waals surface area (Å²) < 4.78 is 0. The Labute approximate surface area is 158 Å². The van der Waals surface area contributed by atoms with Crippen molar-refractivity contribution in [2.75, 3.05) is 26.7 Å². The zero-order valence-electron chi connectivity index (χ0n) is 14.9. The number of carbonyl (C=O) groups excluding carboxylic acids is 2. The van der Waals surface area contributed by atoms with Gasteiger partial charge in [0.25, 0.3) is 11.6 Å². The van der Waals surface area contributed by atoms with Crippen LogP contribution in [-0.4, -0.2) is 54.4 Å². The Balaban J connectivity index is 0.00000338. The molecule has 1 aliphatic rings. The van der Waals surface area contributed by atoms with Crippen LogP contribution in [-0.2, 0) is 4.79 Å². The minimum atomic E-state index is -0.674. The standard InChI is InChI=1S/C17H24N4O4.ClH/c1-12(17(23)20-8-6-13(7-9-20)11-18-2)19-16(22)14-4-3-5-15(10-14)21(24)25;/h3-5,10,12-13,18H,6-9,11H2,1-2H3,(H,19,22);1H. The third-order valence-corrected chi connectivity index (χ3v) is 4.46. The minimum absolute atomic E-state index is 0. The van der Waals surface area contributed by atoms with Gasteiger partial charge in [-0.25, -0.2) is 0 Å². The Bertz CT molecular complexity index is 647. The number of nitrogens with one attached hydrogen (secondary N) is 2. The van der Waals surface area contributed by atoms with E-state index in [9.17, 15) is 19.7 Å². The van der Waals surface area contributed by atoms with Crippen LogP contribution in [0.2, 0.25) is 0 Å². The van der Waals surface area contributed by atoms with Crippen molar-refractivity contribution in [3.05, 3.63) is 39.9 Å². The molecule has 0 saturated carbocycles. The highest BCUT2D eigenvalue weighted by Crippen LogP contribution is 2.17. The van der Waals surface area contributed by atoms with E-state index in [1.807, 2.05) is 7.05 Å². The predicted octanol–water partition coefficient (Wildman–Crippen LogP) is 1.59. The number of nitro groups is 1. The van der Waals surface area contributed by atoms with E-state index < -0.39 is 16.9 Å². The number of nitrogens with zero attached hydrogens (tertiary/aromatic N) is 2. The highest BCUT2D eigenvalue weighted by atomic mass is 35.5. The number of hydrogen-bond donors (Lipinski definition) is 2. The van der Waals surface area contributed by atoms with Crippen LogP contribution in [0.3, 0.4) is 0 Å². The molecule has 26 heavy (non-hydrogen) atoms. The van der Waals surface area contributed by atoms with Crippen LogP contribution in [0.5, 0.6) is 0 Å². The molecule has 0 aliphatic carbocycles. The number of halogens is 1. The Morgan fingerprint density at radius 2 is 2.00 bits per heavy atom. The van der Waals surface area contributed by atoms with Gasteiger partial charge in [-0.05, 0) is 45.3 Å². The molecule has 2 amide bonds. The van der Waals surface area contributed by atoms with Crippen molar-refractivity contribution in [3.63, 3.8) is 0 Å². The van der Waals surface area contributed by atoms with Crippen molar-refractivity contribution in [1.29, 1.82) is 0 Å². The van der Waals surface area contributed by atoms with E-state index in [-0.39, 0.29) is 29.6 Å². The molecule has 1 unspecified atom stereocenters. The quantitative estimate of drug-likeness (QED) is 0.572. The monoisotopic (exact) mass is 384 g/mol. The molecule has 9 heteroatoms. The first-order valence-electron chi connectivity index (χ1n) is 8.41. The smallest absolute Gasteiger partial charge is 0.270 e. The number of likely N-dealkylation sites (tertiary alicyclic amines) is 1. The number of amides is 2. The maximum atomic E-state index is 12.5. The second kappa shape index (κ2) is 10.1. The van der Waals surface area contributed by atoms with Crippen LogP contribution in [0, 0.1) is 16.0 Å². The molecule has 144 valence electrons. The second-order valence-corrected chi connectivity index (χ2v) is 6.33. The fraction of sp³-hybridized carbons (Fsp3) is 0.529. The number of piperidine rings is 1. The summed E-state index contributed by atoms with van der Waals surface area (Å²) in [6, 6.07) is 4.79. The third-order valence-electron chi connectivity index (χ3n) is 4.46. The molecule has 1 aromatic carbocycles. The molecule has 8 nitrogen and oxygen atoms in total. The molecular formula is C17H25ClN4O4. The van der Waals surface area contributed by atoms with E-state index >= 15 is 0 Å². The lowest BCUT2D eigenvalue weighted by atomic mass is 9.96. The lowest BCUT2D eigenvalue weighted by molar-refractivity contribution is -0.384. The van der Waals surface area contributed by atoms with Crippen molar-refractivity contribution < 1.29 is 14.5 Å². The Hall–Kier alpha value is -2.19. The summed E-state index contributed by atoms with van der Waals surface area (Å²) in [5, 5.41) is 16.6. The molecule has 0 aromatic heterocycles. The van der Waals surface area contributed by atoms with Gasteiger partial charge in [0.2, 0.25) is 5.91 Å². The number of nitro benzene ring substituents is 1.